The first-order valence-corrected chi connectivity index (χ1v) is 6.45. The number of benzene rings is 1. The van der Waals surface area contributed by atoms with Crippen LogP contribution in [0.15, 0.2) is 59.9 Å². The Kier molecular flexibility index (Phi) is 2.09. The monoisotopic (exact) mass is 248 g/mol. The van der Waals surface area contributed by atoms with Crippen LogP contribution in [0.2, 0.25) is 0 Å². The summed E-state index contributed by atoms with van der Waals surface area (Å²) in [4.78, 5) is 18.6. The number of para-hydroxylation sites is 1. The van der Waals surface area contributed by atoms with Crippen molar-refractivity contribution in [2.24, 2.45) is 0 Å². The van der Waals surface area contributed by atoms with E-state index >= 15 is 0 Å². The zero-order valence-corrected chi connectivity index (χ0v) is 10.3. The van der Waals surface area contributed by atoms with Gasteiger partial charge >= 0.3 is 0 Å². The summed E-state index contributed by atoms with van der Waals surface area (Å²) < 4.78 is 0. The standard InChI is InChI=1S/C16H12N2O/c19-16(18-14-7-3-4-8-15(14)18)13-10-9-11-5-1-2-6-12(11)17-13/h1-2,5-10H,3-4H2. The van der Waals surface area contributed by atoms with Crippen molar-refractivity contribution in [3.05, 3.63) is 65.6 Å². The molecule has 2 aromatic rings. The number of fused-ring (bicyclic) bond motifs is 2. The molecule has 1 aromatic heterocycles. The second-order valence-electron chi connectivity index (χ2n) is 4.79. The molecule has 0 atom stereocenters. The normalized spacial score (nSPS) is 16.7. The Hall–Kier alpha value is -2.42. The number of hydrogen-bond acceptors (Lipinski definition) is 2. The Balaban J connectivity index is 1.73. The summed E-state index contributed by atoms with van der Waals surface area (Å²) in [6, 6.07) is 11.6. The van der Waals surface area contributed by atoms with Crippen LogP contribution in [0.1, 0.15) is 23.3 Å². The number of rotatable bonds is 1. The lowest BCUT2D eigenvalue weighted by atomic mass is 10.2. The van der Waals surface area contributed by atoms with Gasteiger partial charge < -0.3 is 0 Å². The van der Waals surface area contributed by atoms with Gasteiger partial charge in [0.15, 0.2) is 0 Å². The average Bonchev–Trinajstić information content (AvgIpc) is 3.20. The van der Waals surface area contributed by atoms with E-state index in [1.165, 1.54) is 0 Å². The van der Waals surface area contributed by atoms with Crippen molar-refractivity contribution in [2.45, 2.75) is 12.8 Å². The van der Waals surface area contributed by atoms with E-state index in [1.54, 1.807) is 11.0 Å². The van der Waals surface area contributed by atoms with Crippen molar-refractivity contribution in [1.82, 2.24) is 9.88 Å². The molecule has 1 aliphatic heterocycles. The third-order valence-corrected chi connectivity index (χ3v) is 3.56. The molecule has 4 rings (SSSR count). The summed E-state index contributed by atoms with van der Waals surface area (Å²) in [6.45, 7) is 0. The zero-order chi connectivity index (χ0) is 12.8. The van der Waals surface area contributed by atoms with E-state index in [-0.39, 0.29) is 5.91 Å². The van der Waals surface area contributed by atoms with Gasteiger partial charge in [-0.1, -0.05) is 36.4 Å². The number of hydrogen-bond donors (Lipinski definition) is 0. The Labute approximate surface area is 110 Å². The van der Waals surface area contributed by atoms with E-state index in [1.807, 2.05) is 30.3 Å². The van der Waals surface area contributed by atoms with Gasteiger partial charge in [-0.2, -0.15) is 0 Å². The van der Waals surface area contributed by atoms with E-state index in [0.29, 0.717) is 5.69 Å². The molecule has 0 bridgehead atoms. The maximum atomic E-state index is 12.4. The summed E-state index contributed by atoms with van der Waals surface area (Å²) in [5.41, 5.74) is 3.49. The van der Waals surface area contributed by atoms with Gasteiger partial charge in [-0.3, -0.25) is 9.69 Å². The maximum absolute atomic E-state index is 12.4. The smallest absolute Gasteiger partial charge is 0.272 e. The predicted molar refractivity (Wildman–Crippen MR) is 73.3 cm³/mol. The van der Waals surface area contributed by atoms with Crippen molar-refractivity contribution in [2.75, 3.05) is 0 Å². The van der Waals surface area contributed by atoms with E-state index in [2.05, 4.69) is 17.1 Å². The number of carbonyl (C=O) groups is 1. The van der Waals surface area contributed by atoms with E-state index in [0.717, 1.165) is 35.1 Å². The first kappa shape index (κ1) is 10.5. The fourth-order valence-electron chi connectivity index (χ4n) is 2.54. The molecule has 2 aliphatic rings. The molecule has 19 heavy (non-hydrogen) atoms. The van der Waals surface area contributed by atoms with Gasteiger partial charge in [-0.15, -0.1) is 0 Å². The highest BCUT2D eigenvalue weighted by molar-refractivity contribution is 6.01. The fraction of sp³-hybridized carbons (Fsp3) is 0.125. The molecular weight excluding hydrogens is 236 g/mol. The molecule has 0 unspecified atom stereocenters. The summed E-state index contributed by atoms with van der Waals surface area (Å²) in [5, 5.41) is 1.06. The lowest BCUT2D eigenvalue weighted by Gasteiger charge is -2.02. The molecule has 0 saturated carbocycles. The lowest BCUT2D eigenvalue weighted by Crippen LogP contribution is -2.11. The number of pyridine rings is 1. The molecular formula is C16H12N2O. The molecule has 0 N–H and O–H groups in total. The van der Waals surface area contributed by atoms with Gasteiger partial charge in [0.2, 0.25) is 0 Å². The highest BCUT2D eigenvalue weighted by atomic mass is 16.2. The van der Waals surface area contributed by atoms with Crippen LogP contribution in [-0.4, -0.2) is 15.8 Å². The molecule has 1 aromatic carbocycles. The van der Waals surface area contributed by atoms with Crippen LogP contribution in [-0.2, 0) is 0 Å². The fourth-order valence-corrected chi connectivity index (χ4v) is 2.54. The van der Waals surface area contributed by atoms with Crippen LogP contribution >= 0.6 is 0 Å². The quantitative estimate of drug-likeness (QED) is 0.726. The third-order valence-electron chi connectivity index (χ3n) is 3.56. The van der Waals surface area contributed by atoms with Crippen LogP contribution in [0, 0.1) is 0 Å². The van der Waals surface area contributed by atoms with E-state index in [9.17, 15) is 4.79 Å². The molecule has 1 fully saturated rings. The second-order valence-corrected chi connectivity index (χ2v) is 4.79. The summed E-state index contributed by atoms with van der Waals surface area (Å²) in [6.07, 6.45) is 6.28. The van der Waals surface area contributed by atoms with Crippen molar-refractivity contribution >= 4 is 16.8 Å². The number of amides is 1. The minimum Gasteiger partial charge on any atom is -0.272 e. The molecule has 1 aliphatic carbocycles. The topological polar surface area (TPSA) is 33.0 Å². The minimum absolute atomic E-state index is 0.0230. The predicted octanol–water partition coefficient (Wildman–Crippen LogP) is 3.25. The Morgan fingerprint density at radius 3 is 2.53 bits per heavy atom. The first-order chi connectivity index (χ1) is 9.34. The van der Waals surface area contributed by atoms with Gasteiger partial charge in [0.25, 0.3) is 5.91 Å². The summed E-state index contributed by atoms with van der Waals surface area (Å²) >= 11 is 0. The Morgan fingerprint density at radius 2 is 1.74 bits per heavy atom. The SMILES string of the molecule is O=C(c1ccc2ccccc2n1)N1C2=CCCC=C21. The summed E-state index contributed by atoms with van der Waals surface area (Å²) in [5.74, 6) is -0.0230. The van der Waals surface area contributed by atoms with Gasteiger partial charge in [0.1, 0.15) is 5.69 Å². The van der Waals surface area contributed by atoms with Crippen LogP contribution in [0.4, 0.5) is 0 Å². The van der Waals surface area contributed by atoms with Crippen molar-refractivity contribution in [3.63, 3.8) is 0 Å². The molecule has 1 amide bonds. The van der Waals surface area contributed by atoms with Gasteiger partial charge in [-0.05, 0) is 25.0 Å². The van der Waals surface area contributed by atoms with Crippen molar-refractivity contribution in [3.8, 4) is 0 Å². The highest BCUT2D eigenvalue weighted by Crippen LogP contribution is 2.42. The Bertz CT molecular complexity index is 738. The number of carbonyl (C=O) groups excluding carboxylic acids is 1. The molecule has 92 valence electrons. The largest absolute Gasteiger partial charge is 0.281 e. The van der Waals surface area contributed by atoms with E-state index < -0.39 is 0 Å². The third kappa shape index (κ3) is 1.58. The van der Waals surface area contributed by atoms with Crippen LogP contribution in [0.3, 0.4) is 0 Å². The van der Waals surface area contributed by atoms with E-state index in [4.69, 9.17) is 0 Å². The zero-order valence-electron chi connectivity index (χ0n) is 10.3. The van der Waals surface area contributed by atoms with Crippen LogP contribution in [0.5, 0.6) is 0 Å². The average molecular weight is 248 g/mol. The lowest BCUT2D eigenvalue weighted by molar-refractivity contribution is 0.0897. The molecule has 3 heteroatoms. The summed E-state index contributed by atoms with van der Waals surface area (Å²) in [7, 11) is 0. The van der Waals surface area contributed by atoms with Crippen molar-refractivity contribution in [1.29, 1.82) is 0 Å². The van der Waals surface area contributed by atoms with Crippen molar-refractivity contribution < 1.29 is 4.79 Å². The Morgan fingerprint density at radius 1 is 1.00 bits per heavy atom. The molecule has 2 heterocycles. The van der Waals surface area contributed by atoms with Gasteiger partial charge in [0.05, 0.1) is 16.9 Å². The number of nitrogens with zero attached hydrogens (tertiary/aromatic N) is 2. The minimum atomic E-state index is -0.0230. The molecule has 0 radical (unpaired) electrons. The molecule has 0 spiro atoms. The first-order valence-electron chi connectivity index (χ1n) is 6.45. The molecule has 3 nitrogen and oxygen atoms in total. The second kappa shape index (κ2) is 3.79. The highest BCUT2D eigenvalue weighted by Gasteiger charge is 2.41. The van der Waals surface area contributed by atoms with Crippen LogP contribution < -0.4 is 0 Å². The number of allylic oxidation sites excluding steroid dienone is 2. The van der Waals surface area contributed by atoms with Gasteiger partial charge in [0, 0.05) is 5.39 Å². The van der Waals surface area contributed by atoms with Gasteiger partial charge in [-0.25, -0.2) is 4.98 Å². The number of aromatic nitrogens is 1. The molecule has 1 saturated heterocycles. The van der Waals surface area contributed by atoms with Crippen LogP contribution in [0.25, 0.3) is 10.9 Å². The maximum Gasteiger partial charge on any atom is 0.281 e.